The summed E-state index contributed by atoms with van der Waals surface area (Å²) in [6, 6.07) is 16.2. The number of hydrogen-bond acceptors (Lipinski definition) is 2. The molecule has 3 N–H and O–H groups in total. The van der Waals surface area contributed by atoms with Crippen molar-refractivity contribution >= 4 is 21.8 Å². The second-order valence-corrected chi connectivity index (χ2v) is 7.03. The Kier molecular flexibility index (Phi) is 7.47. The van der Waals surface area contributed by atoms with Crippen LogP contribution in [-0.2, 0) is 11.3 Å². The summed E-state index contributed by atoms with van der Waals surface area (Å²) in [5.41, 5.74) is 2.29. The van der Waals surface area contributed by atoms with Crippen LogP contribution >= 0.6 is 15.9 Å². The topological polar surface area (TPSA) is 54.9 Å². The normalized spacial score (nSPS) is 13.1. The second-order valence-electron chi connectivity index (χ2n) is 6.11. The molecular weight excluding hydrogens is 380 g/mol. The Morgan fingerprint density at radius 1 is 1.16 bits per heavy atom. The zero-order valence-electron chi connectivity index (χ0n) is 15.0. The van der Waals surface area contributed by atoms with Gasteiger partial charge < -0.3 is 15.4 Å². The Bertz CT molecular complexity index is 671. The maximum absolute atomic E-state index is 12.4. The Morgan fingerprint density at radius 3 is 2.36 bits per heavy atom. The fraction of sp³-hybridized carbons (Fsp3) is 0.350. The average molecular weight is 406 g/mol. The van der Waals surface area contributed by atoms with E-state index in [-0.39, 0.29) is 18.0 Å². The van der Waals surface area contributed by atoms with Crippen LogP contribution in [0.25, 0.3) is 0 Å². The first kappa shape index (κ1) is 19.5. The number of halogens is 1. The van der Waals surface area contributed by atoms with Crippen LogP contribution in [0.4, 0.5) is 0 Å². The number of quaternary nitrogens is 1. The molecular formula is C20H26BrN2O2+. The van der Waals surface area contributed by atoms with Crippen molar-refractivity contribution in [3.63, 3.8) is 0 Å². The number of nitrogens with one attached hydrogen (secondary N) is 1. The van der Waals surface area contributed by atoms with Crippen molar-refractivity contribution in [1.82, 2.24) is 5.32 Å². The highest BCUT2D eigenvalue weighted by atomic mass is 79.9. The monoisotopic (exact) mass is 405 g/mol. The van der Waals surface area contributed by atoms with Crippen molar-refractivity contribution in [2.24, 2.45) is 0 Å². The molecule has 5 heteroatoms. The van der Waals surface area contributed by atoms with E-state index in [0.717, 1.165) is 22.2 Å². The maximum atomic E-state index is 12.4. The van der Waals surface area contributed by atoms with Crippen LogP contribution in [0.15, 0.2) is 53.0 Å². The molecule has 25 heavy (non-hydrogen) atoms. The number of nitrogens with two attached hydrogens (primary N) is 1. The van der Waals surface area contributed by atoms with E-state index >= 15 is 0 Å². The van der Waals surface area contributed by atoms with E-state index in [1.807, 2.05) is 43.3 Å². The molecule has 0 bridgehead atoms. The molecule has 0 unspecified atom stereocenters. The fourth-order valence-corrected chi connectivity index (χ4v) is 2.99. The summed E-state index contributed by atoms with van der Waals surface area (Å²) >= 11 is 3.46. The molecule has 134 valence electrons. The van der Waals surface area contributed by atoms with Gasteiger partial charge in [-0.2, -0.15) is 0 Å². The molecule has 0 saturated carbocycles. The van der Waals surface area contributed by atoms with Crippen molar-refractivity contribution in [2.75, 3.05) is 7.11 Å². The van der Waals surface area contributed by atoms with Gasteiger partial charge in [-0.25, -0.2) is 0 Å². The van der Waals surface area contributed by atoms with Crippen molar-refractivity contribution in [3.8, 4) is 5.75 Å². The Hall–Kier alpha value is -1.85. The van der Waals surface area contributed by atoms with E-state index < -0.39 is 0 Å². The highest BCUT2D eigenvalue weighted by Crippen LogP contribution is 2.16. The molecule has 2 aromatic carbocycles. The van der Waals surface area contributed by atoms with Crippen LogP contribution in [0.1, 0.15) is 37.4 Å². The number of benzene rings is 2. The number of carbonyl (C=O) groups excluding carboxylic acids is 1. The van der Waals surface area contributed by atoms with Crippen LogP contribution in [-0.4, -0.2) is 19.1 Å². The number of hydrogen-bond donors (Lipinski definition) is 2. The van der Waals surface area contributed by atoms with E-state index in [4.69, 9.17) is 4.74 Å². The molecule has 1 amide bonds. The molecule has 0 aromatic heterocycles. The first-order valence-electron chi connectivity index (χ1n) is 8.54. The molecule has 2 rings (SSSR count). The van der Waals surface area contributed by atoms with Gasteiger partial charge in [-0.05, 0) is 36.8 Å². The minimum atomic E-state index is -0.146. The maximum Gasteiger partial charge on any atom is 0.278 e. The minimum Gasteiger partial charge on any atom is -0.497 e. The van der Waals surface area contributed by atoms with Crippen LogP contribution in [0.3, 0.4) is 0 Å². The highest BCUT2D eigenvalue weighted by Gasteiger charge is 2.21. The summed E-state index contributed by atoms with van der Waals surface area (Å²) in [6.45, 7) is 4.62. The van der Waals surface area contributed by atoms with Crippen molar-refractivity contribution in [2.45, 2.75) is 38.9 Å². The summed E-state index contributed by atoms with van der Waals surface area (Å²) in [7, 11) is 1.64. The summed E-state index contributed by atoms with van der Waals surface area (Å²) < 4.78 is 6.21. The number of amides is 1. The smallest absolute Gasteiger partial charge is 0.278 e. The molecule has 4 nitrogen and oxygen atoms in total. The third-order valence-corrected chi connectivity index (χ3v) is 4.83. The lowest BCUT2D eigenvalue weighted by atomic mass is 10.0. The molecule has 0 radical (unpaired) electrons. The van der Waals surface area contributed by atoms with Gasteiger partial charge in [-0.3, -0.25) is 4.79 Å². The third kappa shape index (κ3) is 5.87. The molecule has 2 atom stereocenters. The lowest BCUT2D eigenvalue weighted by Gasteiger charge is -2.19. The fourth-order valence-electron chi connectivity index (χ4n) is 2.72. The van der Waals surface area contributed by atoms with E-state index in [2.05, 4.69) is 45.6 Å². The standard InChI is InChI=1S/C20H25BrN2O2/c1-4-19(16-7-9-17(21)10-8-16)23-14(2)20(24)22-13-15-5-11-18(25-3)12-6-15/h5-12,14,19,23H,4,13H2,1-3H3,(H,22,24)/p+1/t14-,19-/m1/s1. The third-order valence-electron chi connectivity index (χ3n) is 4.30. The predicted octanol–water partition coefficient (Wildman–Crippen LogP) is 3.18. The van der Waals surface area contributed by atoms with Gasteiger partial charge in [-0.1, -0.05) is 47.1 Å². The molecule has 0 aliphatic rings. The predicted molar refractivity (Wildman–Crippen MR) is 103 cm³/mol. The van der Waals surface area contributed by atoms with Crippen LogP contribution in [0.5, 0.6) is 5.75 Å². The second kappa shape index (κ2) is 9.59. The highest BCUT2D eigenvalue weighted by molar-refractivity contribution is 9.10. The number of ether oxygens (including phenoxy) is 1. The van der Waals surface area contributed by atoms with Gasteiger partial charge in [0.15, 0.2) is 6.04 Å². The molecule has 0 heterocycles. The van der Waals surface area contributed by atoms with E-state index in [0.29, 0.717) is 6.54 Å². The van der Waals surface area contributed by atoms with Gasteiger partial charge in [0.1, 0.15) is 11.8 Å². The Morgan fingerprint density at radius 2 is 1.80 bits per heavy atom. The summed E-state index contributed by atoms with van der Waals surface area (Å²) in [6.07, 6.45) is 0.970. The SMILES string of the molecule is CC[C@@H]([NH2+][C@H](C)C(=O)NCc1ccc(OC)cc1)c1ccc(Br)cc1. The number of methoxy groups -OCH3 is 1. The molecule has 0 fully saturated rings. The van der Waals surface area contributed by atoms with Crippen molar-refractivity contribution in [1.29, 1.82) is 0 Å². The van der Waals surface area contributed by atoms with Crippen molar-refractivity contribution < 1.29 is 14.8 Å². The molecule has 0 saturated heterocycles. The van der Waals surface area contributed by atoms with Gasteiger partial charge in [-0.15, -0.1) is 0 Å². The first-order valence-corrected chi connectivity index (χ1v) is 9.34. The van der Waals surface area contributed by atoms with Crippen molar-refractivity contribution in [3.05, 3.63) is 64.1 Å². The first-order chi connectivity index (χ1) is 12.0. The van der Waals surface area contributed by atoms with Gasteiger partial charge >= 0.3 is 0 Å². The number of carbonyl (C=O) groups is 1. The van der Waals surface area contributed by atoms with Crippen LogP contribution in [0, 0.1) is 0 Å². The molecule has 0 spiro atoms. The Labute approximate surface area is 158 Å². The molecule has 0 aliphatic carbocycles. The summed E-state index contributed by atoms with van der Waals surface area (Å²) in [5, 5.41) is 5.14. The average Bonchev–Trinajstić information content (AvgIpc) is 2.65. The largest absolute Gasteiger partial charge is 0.497 e. The van der Waals surface area contributed by atoms with Gasteiger partial charge in [0, 0.05) is 23.0 Å². The van der Waals surface area contributed by atoms with E-state index in [1.54, 1.807) is 7.11 Å². The lowest BCUT2D eigenvalue weighted by Crippen LogP contribution is -2.92. The summed E-state index contributed by atoms with van der Waals surface area (Å²) in [5.74, 6) is 0.864. The van der Waals surface area contributed by atoms with Crippen LogP contribution < -0.4 is 15.4 Å². The Balaban J connectivity index is 1.88. The zero-order valence-corrected chi connectivity index (χ0v) is 16.5. The minimum absolute atomic E-state index is 0.0476. The quantitative estimate of drug-likeness (QED) is 0.708. The number of rotatable bonds is 8. The summed E-state index contributed by atoms with van der Waals surface area (Å²) in [4.78, 5) is 12.4. The molecule has 0 aliphatic heterocycles. The van der Waals surface area contributed by atoms with Gasteiger partial charge in [0.25, 0.3) is 5.91 Å². The van der Waals surface area contributed by atoms with E-state index in [9.17, 15) is 4.79 Å². The zero-order chi connectivity index (χ0) is 18.2. The van der Waals surface area contributed by atoms with E-state index in [1.165, 1.54) is 5.56 Å². The van der Waals surface area contributed by atoms with Crippen LogP contribution in [0.2, 0.25) is 0 Å². The lowest BCUT2D eigenvalue weighted by molar-refractivity contribution is -0.713. The molecule has 2 aromatic rings. The van der Waals surface area contributed by atoms with Gasteiger partial charge in [0.05, 0.1) is 7.11 Å². The van der Waals surface area contributed by atoms with Gasteiger partial charge in [0.2, 0.25) is 0 Å².